The molecule has 0 aliphatic carbocycles. The van der Waals surface area contributed by atoms with Gasteiger partial charge < -0.3 is 9.15 Å². The highest BCUT2D eigenvalue weighted by atomic mass is 32.2. The van der Waals surface area contributed by atoms with Crippen LogP contribution in [-0.2, 0) is 21.3 Å². The van der Waals surface area contributed by atoms with Crippen LogP contribution in [-0.4, -0.2) is 14.4 Å². The predicted octanol–water partition coefficient (Wildman–Crippen LogP) is 3.68. The molecule has 0 saturated carbocycles. The van der Waals surface area contributed by atoms with E-state index in [1.54, 1.807) is 19.1 Å². The van der Waals surface area contributed by atoms with E-state index in [-0.39, 0.29) is 17.0 Å². The molecule has 0 aliphatic rings. The van der Waals surface area contributed by atoms with E-state index in [1.165, 1.54) is 30.5 Å². The highest BCUT2D eigenvalue weighted by Crippen LogP contribution is 2.19. The first-order valence-corrected chi connectivity index (χ1v) is 9.82. The molecule has 0 bridgehead atoms. The zero-order valence-corrected chi connectivity index (χ0v) is 15.5. The van der Waals surface area contributed by atoms with Crippen LogP contribution in [0.2, 0.25) is 0 Å². The molecule has 0 aliphatic heterocycles. The first kappa shape index (κ1) is 18.9. The molecular weight excluding hydrogens is 366 g/mol. The molecule has 1 N–H and O–H groups in total. The van der Waals surface area contributed by atoms with E-state index in [9.17, 15) is 13.2 Å². The van der Waals surface area contributed by atoms with Gasteiger partial charge in [-0.1, -0.05) is 30.3 Å². The Hall–Kier alpha value is -2.90. The highest BCUT2D eigenvalue weighted by Gasteiger charge is 2.17. The number of hydrogen-bond acceptors (Lipinski definition) is 5. The van der Waals surface area contributed by atoms with E-state index in [0.29, 0.717) is 5.76 Å². The van der Waals surface area contributed by atoms with Crippen LogP contribution in [0.1, 0.15) is 34.7 Å². The minimum atomic E-state index is -3.71. The predicted molar refractivity (Wildman–Crippen MR) is 99.4 cm³/mol. The van der Waals surface area contributed by atoms with Gasteiger partial charge in [-0.25, -0.2) is 17.9 Å². The monoisotopic (exact) mass is 385 g/mol. The summed E-state index contributed by atoms with van der Waals surface area (Å²) in [7, 11) is -3.71. The molecule has 2 aromatic carbocycles. The molecule has 6 nitrogen and oxygen atoms in total. The second-order valence-corrected chi connectivity index (χ2v) is 7.65. The topological polar surface area (TPSA) is 85.6 Å². The maximum Gasteiger partial charge on any atom is 0.338 e. The smallest absolute Gasteiger partial charge is 0.338 e. The summed E-state index contributed by atoms with van der Waals surface area (Å²) >= 11 is 0. The van der Waals surface area contributed by atoms with Crippen molar-refractivity contribution in [2.45, 2.75) is 24.5 Å². The van der Waals surface area contributed by atoms with Crippen molar-refractivity contribution in [2.75, 3.05) is 0 Å². The Kier molecular flexibility index (Phi) is 5.73. The number of rotatable bonds is 7. The summed E-state index contributed by atoms with van der Waals surface area (Å²) in [5.41, 5.74) is 1.16. The van der Waals surface area contributed by atoms with Gasteiger partial charge in [0.15, 0.2) is 0 Å². The summed E-state index contributed by atoms with van der Waals surface area (Å²) in [6.07, 6.45) is 1.07. The van der Waals surface area contributed by atoms with Gasteiger partial charge in [-0.05, 0) is 48.9 Å². The molecule has 3 aromatic rings. The third-order valence-electron chi connectivity index (χ3n) is 3.97. The lowest BCUT2D eigenvalue weighted by Gasteiger charge is -2.13. The molecule has 7 heteroatoms. The molecule has 0 saturated heterocycles. The van der Waals surface area contributed by atoms with Crippen LogP contribution < -0.4 is 4.72 Å². The number of sulfonamides is 1. The van der Waals surface area contributed by atoms with Crippen molar-refractivity contribution >= 4 is 16.0 Å². The normalized spacial score (nSPS) is 12.5. The van der Waals surface area contributed by atoms with Gasteiger partial charge in [-0.15, -0.1) is 0 Å². The molecule has 3 rings (SSSR count). The molecule has 140 valence electrons. The summed E-state index contributed by atoms with van der Waals surface area (Å²) in [4.78, 5) is 12.3. The molecule has 1 heterocycles. The summed E-state index contributed by atoms with van der Waals surface area (Å²) in [6, 6.07) is 18.3. The largest absolute Gasteiger partial charge is 0.468 e. The van der Waals surface area contributed by atoms with Crippen molar-refractivity contribution < 1.29 is 22.4 Å². The quantitative estimate of drug-likeness (QED) is 0.627. The van der Waals surface area contributed by atoms with Crippen molar-refractivity contribution in [3.8, 4) is 0 Å². The van der Waals surface area contributed by atoms with Gasteiger partial charge in [0.05, 0.1) is 23.3 Å². The van der Waals surface area contributed by atoms with Crippen molar-refractivity contribution in [3.63, 3.8) is 0 Å². The Morgan fingerprint density at radius 1 is 1.04 bits per heavy atom. The first-order chi connectivity index (χ1) is 13.0. The number of benzene rings is 2. The van der Waals surface area contributed by atoms with Crippen LogP contribution in [0.4, 0.5) is 0 Å². The zero-order chi connectivity index (χ0) is 19.3. The van der Waals surface area contributed by atoms with Gasteiger partial charge in [0.2, 0.25) is 10.0 Å². The molecule has 27 heavy (non-hydrogen) atoms. The van der Waals surface area contributed by atoms with Crippen LogP contribution in [0.15, 0.2) is 82.3 Å². The summed E-state index contributed by atoms with van der Waals surface area (Å²) in [5.74, 6) is -0.00693. The maximum atomic E-state index is 12.3. The fourth-order valence-corrected chi connectivity index (χ4v) is 3.45. The van der Waals surface area contributed by atoms with Gasteiger partial charge in [0.25, 0.3) is 0 Å². The zero-order valence-electron chi connectivity index (χ0n) is 14.7. The van der Waals surface area contributed by atoms with Gasteiger partial charge in [-0.2, -0.15) is 0 Å². The third-order valence-corrected chi connectivity index (χ3v) is 5.39. The number of ether oxygens (including phenoxy) is 1. The van der Waals surface area contributed by atoms with Crippen LogP contribution in [0.3, 0.4) is 0 Å². The highest BCUT2D eigenvalue weighted by molar-refractivity contribution is 7.89. The van der Waals surface area contributed by atoms with Crippen molar-refractivity contribution in [2.24, 2.45) is 0 Å². The molecule has 0 amide bonds. The molecule has 1 aromatic heterocycles. The Morgan fingerprint density at radius 3 is 2.37 bits per heavy atom. The summed E-state index contributed by atoms with van der Waals surface area (Å²) in [6.45, 7) is 1.83. The van der Waals surface area contributed by atoms with Gasteiger partial charge >= 0.3 is 5.97 Å². The van der Waals surface area contributed by atoms with E-state index in [0.717, 1.165) is 5.56 Å². The maximum absolute atomic E-state index is 12.3. The Balaban J connectivity index is 1.64. The Labute approximate surface area is 157 Å². The number of hydrogen-bond donors (Lipinski definition) is 1. The standard InChI is InChI=1S/C20H19NO5S/c1-15(16-6-3-2-4-7-16)26-20(22)17-9-11-19(12-10-17)27(23,24)21-14-18-8-5-13-25-18/h2-13,15,21H,14H2,1H3/t15-/m0/s1. The van der Waals surface area contributed by atoms with E-state index in [4.69, 9.17) is 9.15 Å². The molecule has 0 fully saturated rings. The Bertz CT molecular complexity index is 981. The SMILES string of the molecule is C[C@H](OC(=O)c1ccc(S(=O)(=O)NCc2ccco2)cc1)c1ccccc1. The first-order valence-electron chi connectivity index (χ1n) is 8.34. The number of carbonyl (C=O) groups is 1. The third kappa shape index (κ3) is 4.84. The van der Waals surface area contributed by atoms with Crippen LogP contribution in [0, 0.1) is 0 Å². The molecule has 0 unspecified atom stereocenters. The van der Waals surface area contributed by atoms with E-state index in [2.05, 4.69) is 4.72 Å². The lowest BCUT2D eigenvalue weighted by Crippen LogP contribution is -2.23. The van der Waals surface area contributed by atoms with Crippen LogP contribution in [0.25, 0.3) is 0 Å². The fraction of sp³-hybridized carbons (Fsp3) is 0.150. The van der Waals surface area contributed by atoms with Crippen LogP contribution >= 0.6 is 0 Å². The molecular formula is C20H19NO5S. The second-order valence-electron chi connectivity index (χ2n) is 5.89. The lowest BCUT2D eigenvalue weighted by atomic mass is 10.1. The number of nitrogens with one attached hydrogen (secondary N) is 1. The number of carbonyl (C=O) groups excluding carboxylic acids is 1. The van der Waals surface area contributed by atoms with Gasteiger partial charge in [0.1, 0.15) is 11.9 Å². The fourth-order valence-electron chi connectivity index (χ4n) is 2.45. The average molecular weight is 385 g/mol. The number of esters is 1. The summed E-state index contributed by atoms with van der Waals surface area (Å²) in [5, 5.41) is 0. The Morgan fingerprint density at radius 2 is 1.74 bits per heavy atom. The van der Waals surface area contributed by atoms with Gasteiger partial charge in [0, 0.05) is 0 Å². The van der Waals surface area contributed by atoms with Gasteiger partial charge in [-0.3, -0.25) is 0 Å². The molecule has 1 atom stereocenters. The van der Waals surface area contributed by atoms with E-state index in [1.807, 2.05) is 30.3 Å². The van der Waals surface area contributed by atoms with Crippen LogP contribution in [0.5, 0.6) is 0 Å². The average Bonchev–Trinajstić information content (AvgIpc) is 3.21. The van der Waals surface area contributed by atoms with E-state index < -0.39 is 22.1 Å². The minimum absolute atomic E-state index is 0.0493. The van der Waals surface area contributed by atoms with Crippen molar-refractivity contribution in [3.05, 3.63) is 89.9 Å². The molecule has 0 spiro atoms. The summed E-state index contributed by atoms with van der Waals surface area (Å²) < 4.78 is 37.6. The van der Waals surface area contributed by atoms with E-state index >= 15 is 0 Å². The second kappa shape index (κ2) is 8.20. The lowest BCUT2D eigenvalue weighted by molar-refractivity contribution is 0.0337. The molecule has 0 radical (unpaired) electrons. The van der Waals surface area contributed by atoms with Crippen molar-refractivity contribution in [1.82, 2.24) is 4.72 Å². The minimum Gasteiger partial charge on any atom is -0.468 e. The number of furan rings is 1. The van der Waals surface area contributed by atoms with Crippen molar-refractivity contribution in [1.29, 1.82) is 0 Å².